The lowest BCUT2D eigenvalue weighted by molar-refractivity contribution is -0.143. The number of hydrogen-bond acceptors (Lipinski definition) is 1. The molecule has 0 fully saturated rings. The van der Waals surface area contributed by atoms with Gasteiger partial charge in [-0.1, -0.05) is 24.4 Å². The molecule has 0 spiro atoms. The van der Waals surface area contributed by atoms with E-state index in [0.717, 1.165) is 0 Å². The first kappa shape index (κ1) is 17.2. The van der Waals surface area contributed by atoms with E-state index in [-0.39, 0.29) is 11.8 Å². The molecule has 1 aromatic rings. The van der Waals surface area contributed by atoms with Crippen molar-refractivity contribution in [1.82, 2.24) is 0 Å². The average molecular weight is 314 g/mol. The van der Waals surface area contributed by atoms with Gasteiger partial charge in [-0.25, -0.2) is 0 Å². The quantitative estimate of drug-likeness (QED) is 0.553. The van der Waals surface area contributed by atoms with Gasteiger partial charge in [0.25, 0.3) is 0 Å². The van der Waals surface area contributed by atoms with E-state index >= 15 is 0 Å². The van der Waals surface area contributed by atoms with E-state index < -0.39 is 38.0 Å². The van der Waals surface area contributed by atoms with Crippen LogP contribution in [0.5, 0.6) is 5.75 Å². The van der Waals surface area contributed by atoms with E-state index in [9.17, 15) is 26.3 Å². The van der Waals surface area contributed by atoms with E-state index in [4.69, 9.17) is 3.79 Å². The van der Waals surface area contributed by atoms with Crippen LogP contribution in [0.3, 0.4) is 0 Å². The SMILES string of the molecule is C[CH2][Al]([CH2]C)[O]c1cc(C(F)(F)F)cc(C(F)(F)F)c1. The Bertz CT molecular complexity index is 418. The van der Waals surface area contributed by atoms with Gasteiger partial charge in [-0.05, 0) is 18.2 Å². The maximum absolute atomic E-state index is 12.6. The maximum Gasteiger partial charge on any atom is 0.546 e. The largest absolute Gasteiger partial charge is 0.643 e. The van der Waals surface area contributed by atoms with Crippen molar-refractivity contribution in [2.45, 2.75) is 36.8 Å². The van der Waals surface area contributed by atoms with Crippen LogP contribution in [0.2, 0.25) is 10.6 Å². The summed E-state index contributed by atoms with van der Waals surface area (Å²) in [5, 5.41) is 1.27. The van der Waals surface area contributed by atoms with E-state index in [2.05, 4.69) is 0 Å². The smallest absolute Gasteiger partial charge is 0.546 e. The monoisotopic (exact) mass is 314 g/mol. The zero-order valence-corrected chi connectivity index (χ0v) is 12.1. The Hall–Kier alpha value is -0.868. The van der Waals surface area contributed by atoms with E-state index in [0.29, 0.717) is 22.7 Å². The van der Waals surface area contributed by atoms with Gasteiger partial charge in [-0.2, -0.15) is 26.3 Å². The highest BCUT2D eigenvalue weighted by atomic mass is 27.2. The molecular weight excluding hydrogens is 301 g/mol. The second-order valence-electron chi connectivity index (χ2n) is 4.30. The van der Waals surface area contributed by atoms with E-state index in [1.165, 1.54) is 0 Å². The standard InChI is InChI=1S/C8H4F6O.2C2H5.Al/c9-7(10,11)4-1-5(8(12,13)14)3-6(15)2-4;2*1-2;/h1-3,15H;2*1H2,2H3;/q;;;+1/p-1. The van der Waals surface area contributed by atoms with Gasteiger partial charge >= 0.3 is 26.8 Å². The van der Waals surface area contributed by atoms with Gasteiger partial charge in [0.15, 0.2) is 0 Å². The minimum Gasteiger partial charge on any atom is -0.643 e. The number of hydrogen-bond donors (Lipinski definition) is 0. The third-order valence-electron chi connectivity index (χ3n) is 2.77. The van der Waals surface area contributed by atoms with Crippen molar-refractivity contribution in [1.29, 1.82) is 0 Å². The Kier molecular flexibility index (Phi) is 5.39. The zero-order chi connectivity index (χ0) is 15.6. The van der Waals surface area contributed by atoms with Crippen LogP contribution in [0.4, 0.5) is 26.3 Å². The molecule has 0 unspecified atom stereocenters. The number of alkyl halides is 6. The lowest BCUT2D eigenvalue weighted by Gasteiger charge is -2.17. The van der Waals surface area contributed by atoms with Crippen molar-refractivity contribution < 1.29 is 30.1 Å². The summed E-state index contributed by atoms with van der Waals surface area (Å²) in [7, 11) is 0. The molecule has 0 aromatic heterocycles. The van der Waals surface area contributed by atoms with Crippen LogP contribution in [0.1, 0.15) is 25.0 Å². The van der Waals surface area contributed by atoms with Gasteiger partial charge in [-0.15, -0.1) is 0 Å². The molecule has 0 aliphatic carbocycles. The van der Waals surface area contributed by atoms with Crippen LogP contribution in [-0.4, -0.2) is 14.5 Å². The highest BCUT2D eigenvalue weighted by Gasteiger charge is 2.37. The summed E-state index contributed by atoms with van der Waals surface area (Å²) in [6.07, 6.45) is -9.68. The first-order chi connectivity index (χ1) is 9.07. The van der Waals surface area contributed by atoms with E-state index in [1.54, 1.807) is 13.8 Å². The van der Waals surface area contributed by atoms with Crippen molar-refractivity contribution in [2.75, 3.05) is 0 Å². The highest BCUT2D eigenvalue weighted by Crippen LogP contribution is 2.38. The Morgan fingerprint density at radius 1 is 0.850 bits per heavy atom. The molecule has 0 heterocycles. The molecule has 8 heteroatoms. The molecule has 0 saturated carbocycles. The molecule has 0 aliphatic heterocycles. The van der Waals surface area contributed by atoms with Crippen molar-refractivity contribution in [3.8, 4) is 5.75 Å². The summed E-state index contributed by atoms with van der Waals surface area (Å²) < 4.78 is 81.1. The second kappa shape index (κ2) is 6.27. The van der Waals surface area contributed by atoms with Gasteiger partial charge in [0, 0.05) is 0 Å². The Labute approximate surface area is 117 Å². The number of halogens is 6. The Balaban J connectivity index is 3.24. The van der Waals surface area contributed by atoms with Crippen molar-refractivity contribution in [3.63, 3.8) is 0 Å². The van der Waals surface area contributed by atoms with Crippen LogP contribution in [0, 0.1) is 0 Å². The summed E-state index contributed by atoms with van der Waals surface area (Å²) in [4.78, 5) is 0. The minimum atomic E-state index is -4.84. The number of rotatable bonds is 4. The molecule has 0 bridgehead atoms. The van der Waals surface area contributed by atoms with Gasteiger partial charge in [-0.3, -0.25) is 0 Å². The first-order valence-corrected chi connectivity index (χ1v) is 8.14. The predicted molar refractivity (Wildman–Crippen MR) is 63.8 cm³/mol. The van der Waals surface area contributed by atoms with Crippen LogP contribution in [-0.2, 0) is 12.4 Å². The van der Waals surface area contributed by atoms with Gasteiger partial charge in [0.2, 0.25) is 0 Å². The second-order valence-corrected chi connectivity index (χ2v) is 7.41. The average Bonchev–Trinajstić information content (AvgIpc) is 2.33. The molecule has 1 nitrogen and oxygen atoms in total. The summed E-state index contributed by atoms with van der Waals surface area (Å²) in [5.74, 6) is -0.354. The molecule has 1 rings (SSSR count). The molecule has 20 heavy (non-hydrogen) atoms. The Morgan fingerprint density at radius 2 is 1.25 bits per heavy atom. The molecule has 112 valence electrons. The van der Waals surface area contributed by atoms with Gasteiger partial charge < -0.3 is 3.79 Å². The normalized spacial score (nSPS) is 12.4. The lowest BCUT2D eigenvalue weighted by Crippen LogP contribution is -2.20. The van der Waals surface area contributed by atoms with Crippen molar-refractivity contribution in [2.24, 2.45) is 0 Å². The van der Waals surface area contributed by atoms with Crippen molar-refractivity contribution in [3.05, 3.63) is 29.3 Å². The van der Waals surface area contributed by atoms with E-state index in [1.807, 2.05) is 0 Å². The first-order valence-electron chi connectivity index (χ1n) is 6.04. The minimum absolute atomic E-state index is 0.0985. The fraction of sp³-hybridized carbons (Fsp3) is 0.500. The highest BCUT2D eigenvalue weighted by molar-refractivity contribution is 6.52. The summed E-state index contributed by atoms with van der Waals surface area (Å²) in [5.41, 5.74) is -2.69. The summed E-state index contributed by atoms with van der Waals surface area (Å²) >= 11 is -1.80. The molecule has 0 amide bonds. The fourth-order valence-electron chi connectivity index (χ4n) is 1.64. The molecule has 0 aliphatic rings. The molecule has 1 aromatic carbocycles. The molecular formula is C12H13AlF6O. The fourth-order valence-corrected chi connectivity index (χ4v) is 3.07. The Morgan fingerprint density at radius 3 is 1.55 bits per heavy atom. The summed E-state index contributed by atoms with van der Waals surface area (Å²) in [6, 6.07) is 1.35. The zero-order valence-electron chi connectivity index (χ0n) is 10.9. The van der Waals surface area contributed by atoms with Gasteiger partial charge in [0.1, 0.15) is 0 Å². The van der Waals surface area contributed by atoms with Crippen LogP contribution in [0.25, 0.3) is 0 Å². The molecule has 0 radical (unpaired) electrons. The topological polar surface area (TPSA) is 9.23 Å². The van der Waals surface area contributed by atoms with Crippen LogP contribution < -0.4 is 3.79 Å². The third-order valence-corrected chi connectivity index (χ3v) is 5.20. The molecule has 0 saturated heterocycles. The summed E-state index contributed by atoms with van der Waals surface area (Å²) in [6.45, 7) is 3.61. The lowest BCUT2D eigenvalue weighted by atomic mass is 10.1. The van der Waals surface area contributed by atoms with Crippen molar-refractivity contribution >= 4 is 14.5 Å². The molecule has 0 atom stereocenters. The van der Waals surface area contributed by atoms with Gasteiger partial charge in [0.05, 0.1) is 16.9 Å². The maximum atomic E-state index is 12.6. The predicted octanol–water partition coefficient (Wildman–Crippen LogP) is 5.13. The van der Waals surface area contributed by atoms with Crippen LogP contribution in [0.15, 0.2) is 18.2 Å². The molecule has 0 N–H and O–H groups in total. The third kappa shape index (κ3) is 4.60. The van der Waals surface area contributed by atoms with Crippen LogP contribution >= 0.6 is 0 Å². The number of benzene rings is 1.